The maximum atomic E-state index is 11.0. The van der Waals surface area contributed by atoms with Crippen LogP contribution in [0.1, 0.15) is 24.8 Å². The molecule has 1 rings (SSSR count). The minimum Gasteiger partial charge on any atom is -0.481 e. The maximum Gasteiger partial charge on any atom is 0.352 e. The Bertz CT molecular complexity index is 543. The first kappa shape index (κ1) is 16.2. The number of hydrogen-bond donors (Lipinski definition) is 3. The van der Waals surface area contributed by atoms with E-state index in [0.717, 1.165) is 10.0 Å². The number of carboxylic acid groups (broad SMARTS) is 2. The van der Waals surface area contributed by atoms with E-state index in [1.165, 1.54) is 0 Å². The highest BCUT2D eigenvalue weighted by atomic mass is 79.9. The van der Waals surface area contributed by atoms with E-state index >= 15 is 0 Å². The second kappa shape index (κ2) is 7.64. The number of carboxylic acids is 2. The summed E-state index contributed by atoms with van der Waals surface area (Å²) >= 11 is 3.38. The summed E-state index contributed by atoms with van der Waals surface area (Å²) in [4.78, 5) is 21.4. The van der Waals surface area contributed by atoms with Gasteiger partial charge in [0.05, 0.1) is 5.69 Å². The van der Waals surface area contributed by atoms with Gasteiger partial charge in [0.2, 0.25) is 0 Å². The predicted molar refractivity (Wildman–Crippen MR) is 79.1 cm³/mol. The molecule has 0 amide bonds. The number of benzene rings is 1. The summed E-state index contributed by atoms with van der Waals surface area (Å²) < 4.78 is 0.805. The first-order valence-corrected chi connectivity index (χ1v) is 6.74. The van der Waals surface area contributed by atoms with Gasteiger partial charge in [0.1, 0.15) is 5.71 Å². The van der Waals surface area contributed by atoms with Crippen molar-refractivity contribution in [2.45, 2.75) is 26.2 Å². The monoisotopic (exact) mass is 342 g/mol. The number of hydrogen-bond acceptors (Lipinski definition) is 4. The topological polar surface area (TPSA) is 99.0 Å². The van der Waals surface area contributed by atoms with Crippen LogP contribution in [0.15, 0.2) is 27.8 Å². The zero-order chi connectivity index (χ0) is 15.1. The lowest BCUT2D eigenvalue weighted by atomic mass is 10.1. The lowest BCUT2D eigenvalue weighted by Gasteiger charge is -2.07. The van der Waals surface area contributed by atoms with E-state index in [-0.39, 0.29) is 25.0 Å². The Hall–Kier alpha value is -1.89. The Kier molecular flexibility index (Phi) is 6.17. The number of anilines is 1. The van der Waals surface area contributed by atoms with Crippen molar-refractivity contribution in [3.63, 3.8) is 0 Å². The summed E-state index contributed by atoms with van der Waals surface area (Å²) in [7, 11) is 0. The largest absolute Gasteiger partial charge is 0.481 e. The Labute approximate surface area is 124 Å². The normalized spacial score (nSPS) is 11.2. The molecule has 1 aromatic carbocycles. The summed E-state index contributed by atoms with van der Waals surface area (Å²) in [6.07, 6.45) is 0.246. The third-order valence-electron chi connectivity index (χ3n) is 2.55. The standard InChI is InChI=1S/C13H15BrN2O4/c1-8-4-2-5-9(12(8)14)15-16-10(13(19)20)6-3-7-11(17)18/h2,4-5,15H,3,6-7H2,1H3,(H,17,18)(H,19,20). The molecule has 0 heterocycles. The number of hydrazone groups is 1. The fraction of sp³-hybridized carbons (Fsp3) is 0.308. The number of carbonyl (C=O) groups is 2. The molecule has 0 aliphatic heterocycles. The van der Waals surface area contributed by atoms with E-state index in [2.05, 4.69) is 26.5 Å². The summed E-state index contributed by atoms with van der Waals surface area (Å²) in [6, 6.07) is 5.49. The predicted octanol–water partition coefficient (Wildman–Crippen LogP) is 2.86. The van der Waals surface area contributed by atoms with Crippen LogP contribution >= 0.6 is 15.9 Å². The van der Waals surface area contributed by atoms with Gasteiger partial charge in [0.25, 0.3) is 0 Å². The molecule has 3 N–H and O–H groups in total. The molecule has 0 aliphatic carbocycles. The smallest absolute Gasteiger partial charge is 0.352 e. The zero-order valence-corrected chi connectivity index (χ0v) is 12.5. The van der Waals surface area contributed by atoms with Crippen LogP contribution in [0.5, 0.6) is 0 Å². The van der Waals surface area contributed by atoms with E-state index < -0.39 is 11.9 Å². The lowest BCUT2D eigenvalue weighted by Crippen LogP contribution is -2.15. The minimum absolute atomic E-state index is 0.0829. The van der Waals surface area contributed by atoms with Crippen LogP contribution in [-0.2, 0) is 9.59 Å². The van der Waals surface area contributed by atoms with Gasteiger partial charge >= 0.3 is 11.9 Å². The van der Waals surface area contributed by atoms with Gasteiger partial charge in [-0.25, -0.2) is 4.79 Å². The quantitative estimate of drug-likeness (QED) is 0.522. The average Bonchev–Trinajstić information content (AvgIpc) is 2.37. The van der Waals surface area contributed by atoms with Gasteiger partial charge in [-0.2, -0.15) is 5.10 Å². The molecule has 0 radical (unpaired) electrons. The van der Waals surface area contributed by atoms with Gasteiger partial charge < -0.3 is 10.2 Å². The van der Waals surface area contributed by atoms with Crippen molar-refractivity contribution >= 4 is 39.3 Å². The number of nitrogens with one attached hydrogen (secondary N) is 1. The molecule has 108 valence electrons. The summed E-state index contributed by atoms with van der Waals surface area (Å²) in [5.74, 6) is -2.12. The van der Waals surface area contributed by atoms with Crippen LogP contribution in [0.2, 0.25) is 0 Å². The van der Waals surface area contributed by atoms with Crippen molar-refractivity contribution in [2.24, 2.45) is 5.10 Å². The van der Waals surface area contributed by atoms with Crippen molar-refractivity contribution in [3.05, 3.63) is 28.2 Å². The third kappa shape index (κ3) is 5.00. The number of aryl methyl sites for hydroxylation is 1. The van der Waals surface area contributed by atoms with Gasteiger partial charge in [-0.15, -0.1) is 0 Å². The molecule has 20 heavy (non-hydrogen) atoms. The van der Waals surface area contributed by atoms with Crippen molar-refractivity contribution in [2.75, 3.05) is 5.43 Å². The molecule has 0 aromatic heterocycles. The molecule has 1 aromatic rings. The summed E-state index contributed by atoms with van der Waals surface area (Å²) in [5.41, 5.74) is 4.24. The third-order valence-corrected chi connectivity index (χ3v) is 3.61. The Morgan fingerprint density at radius 1 is 1.30 bits per heavy atom. The molecule has 0 aliphatic rings. The van der Waals surface area contributed by atoms with Gasteiger partial charge in [-0.05, 0) is 47.3 Å². The molecule has 0 saturated carbocycles. The molecule has 0 spiro atoms. The van der Waals surface area contributed by atoms with Gasteiger partial charge in [0.15, 0.2) is 0 Å². The van der Waals surface area contributed by atoms with Crippen molar-refractivity contribution in [1.82, 2.24) is 0 Å². The first-order valence-electron chi connectivity index (χ1n) is 5.94. The molecule has 0 atom stereocenters. The van der Waals surface area contributed by atoms with Crippen LogP contribution in [0.4, 0.5) is 5.69 Å². The van der Waals surface area contributed by atoms with E-state index in [9.17, 15) is 9.59 Å². The number of halogens is 1. The van der Waals surface area contributed by atoms with Gasteiger partial charge in [-0.1, -0.05) is 12.1 Å². The molecule has 6 nitrogen and oxygen atoms in total. The Balaban J connectivity index is 2.74. The van der Waals surface area contributed by atoms with Crippen molar-refractivity contribution in [3.8, 4) is 0 Å². The van der Waals surface area contributed by atoms with Crippen LogP contribution in [0.3, 0.4) is 0 Å². The highest BCUT2D eigenvalue weighted by molar-refractivity contribution is 9.10. The average molecular weight is 343 g/mol. The fourth-order valence-electron chi connectivity index (χ4n) is 1.48. The zero-order valence-electron chi connectivity index (χ0n) is 10.9. The molecule has 0 saturated heterocycles. The molecular formula is C13H15BrN2O4. The van der Waals surface area contributed by atoms with E-state index in [0.29, 0.717) is 5.69 Å². The maximum absolute atomic E-state index is 11.0. The molecule has 7 heteroatoms. The first-order chi connectivity index (χ1) is 9.41. The Morgan fingerprint density at radius 2 is 2.00 bits per heavy atom. The van der Waals surface area contributed by atoms with Crippen LogP contribution < -0.4 is 5.43 Å². The van der Waals surface area contributed by atoms with Crippen molar-refractivity contribution < 1.29 is 19.8 Å². The fourth-order valence-corrected chi connectivity index (χ4v) is 1.83. The van der Waals surface area contributed by atoms with Crippen LogP contribution in [0, 0.1) is 6.92 Å². The highest BCUT2D eigenvalue weighted by Gasteiger charge is 2.11. The van der Waals surface area contributed by atoms with Gasteiger partial charge in [-0.3, -0.25) is 10.2 Å². The molecule has 0 bridgehead atoms. The minimum atomic E-state index is -1.16. The SMILES string of the molecule is Cc1cccc(NN=C(CCCC(=O)O)C(=O)O)c1Br. The van der Waals surface area contributed by atoms with E-state index in [4.69, 9.17) is 10.2 Å². The number of aliphatic carboxylic acids is 2. The summed E-state index contributed by atoms with van der Waals surface area (Å²) in [6.45, 7) is 1.91. The van der Waals surface area contributed by atoms with E-state index in [1.807, 2.05) is 19.1 Å². The van der Waals surface area contributed by atoms with Crippen LogP contribution in [0.25, 0.3) is 0 Å². The Morgan fingerprint density at radius 3 is 2.60 bits per heavy atom. The van der Waals surface area contributed by atoms with Gasteiger partial charge in [0, 0.05) is 10.9 Å². The number of nitrogens with zero attached hydrogens (tertiary/aromatic N) is 1. The molecule has 0 unspecified atom stereocenters. The second-order valence-electron chi connectivity index (χ2n) is 4.16. The molecule has 0 fully saturated rings. The highest BCUT2D eigenvalue weighted by Crippen LogP contribution is 2.25. The lowest BCUT2D eigenvalue weighted by molar-refractivity contribution is -0.137. The summed E-state index contributed by atoms with van der Waals surface area (Å²) in [5, 5.41) is 21.4. The van der Waals surface area contributed by atoms with Crippen LogP contribution in [-0.4, -0.2) is 27.9 Å². The number of rotatable bonds is 7. The van der Waals surface area contributed by atoms with Crippen molar-refractivity contribution in [1.29, 1.82) is 0 Å². The molecular weight excluding hydrogens is 328 g/mol. The second-order valence-corrected chi connectivity index (χ2v) is 4.95. The van der Waals surface area contributed by atoms with E-state index in [1.54, 1.807) is 6.07 Å².